The predicted molar refractivity (Wildman–Crippen MR) is 272 cm³/mol. The Hall–Kier alpha value is -6.26. The Morgan fingerprint density at radius 2 is 1.28 bits per heavy atom. The van der Waals surface area contributed by atoms with E-state index in [4.69, 9.17) is 19.6 Å². The van der Waals surface area contributed by atoms with Gasteiger partial charge in [0, 0.05) is 26.9 Å². The van der Waals surface area contributed by atoms with Crippen molar-refractivity contribution < 1.29 is 14.7 Å². The van der Waals surface area contributed by atoms with Crippen molar-refractivity contribution in [3.63, 3.8) is 0 Å². The average molecular weight is 851 g/mol. The van der Waals surface area contributed by atoms with E-state index in [1.807, 2.05) is 85.1 Å². The summed E-state index contributed by atoms with van der Waals surface area (Å²) in [6.07, 6.45) is 1.77. The van der Waals surface area contributed by atoms with Crippen molar-refractivity contribution in [2.45, 2.75) is 119 Å². The van der Waals surface area contributed by atoms with Crippen molar-refractivity contribution in [3.05, 3.63) is 166 Å². The van der Waals surface area contributed by atoms with Gasteiger partial charge in [0.2, 0.25) is 0 Å². The second-order valence-electron chi connectivity index (χ2n) is 19.5. The molecule has 8 rings (SSSR count). The van der Waals surface area contributed by atoms with E-state index in [1.54, 1.807) is 24.4 Å². The number of aromatic hydroxyl groups is 1. The van der Waals surface area contributed by atoms with Crippen LogP contribution in [0.5, 0.6) is 5.75 Å². The topological polar surface area (TPSA) is 50.9 Å². The first-order valence-electron chi connectivity index (χ1n) is 26.0. The summed E-state index contributed by atoms with van der Waals surface area (Å²) in [6, 6.07) is 39.1. The lowest BCUT2D eigenvalue weighted by molar-refractivity contribution is 0.466. The van der Waals surface area contributed by atoms with Crippen LogP contribution >= 0.6 is 0 Å². The summed E-state index contributed by atoms with van der Waals surface area (Å²) < 4.78 is 61.7. The van der Waals surface area contributed by atoms with Crippen LogP contribution in [0.2, 0.25) is 0 Å². The molecule has 0 spiro atoms. The van der Waals surface area contributed by atoms with Gasteiger partial charge in [0.1, 0.15) is 11.6 Å². The number of aryl methyl sites for hydroxylation is 2. The fourth-order valence-corrected chi connectivity index (χ4v) is 8.53. The first-order valence-corrected chi connectivity index (χ1v) is 22.5. The van der Waals surface area contributed by atoms with Gasteiger partial charge in [0.15, 0.2) is 0 Å². The number of imidazole rings is 1. The van der Waals surface area contributed by atoms with Crippen LogP contribution in [0.15, 0.2) is 128 Å². The average Bonchev–Trinajstić information content (AvgIpc) is 3.69. The molecule has 8 aromatic rings. The quantitative estimate of drug-likeness (QED) is 0.149. The van der Waals surface area contributed by atoms with Gasteiger partial charge in [-0.05, 0) is 152 Å². The standard InChI is InChI=1S/C60H65N3O/c1-35(2)44-26-45(36(3)4)28-47(27-44)42-21-22-55(40(10)25-42)63-56-16-14-15-51(57(56)62-59(63)53-33-46(37(5)6)32-52(38(7)8)58(53)64)48-29-49(31-50(30-48)60(11,12)13)54-34-43(23-24-61-54)41-19-17-39(9)18-20-41/h14-38,64H,1-13H3/i9D3,10D3,35D. The van der Waals surface area contributed by atoms with Crippen LogP contribution in [-0.4, -0.2) is 19.6 Å². The van der Waals surface area contributed by atoms with E-state index in [2.05, 4.69) is 98.7 Å². The Morgan fingerprint density at radius 3 is 1.95 bits per heavy atom. The number of hydrogen-bond donors (Lipinski definition) is 1. The third-order valence-electron chi connectivity index (χ3n) is 12.5. The first kappa shape index (κ1) is 36.1. The normalized spacial score (nSPS) is 14.3. The molecular weight excluding hydrogens is 779 g/mol. The van der Waals surface area contributed by atoms with E-state index in [9.17, 15) is 5.11 Å². The fraction of sp³-hybridized carbons (Fsp3) is 0.300. The van der Waals surface area contributed by atoms with Crippen molar-refractivity contribution >= 4 is 11.0 Å². The number of hydrogen-bond acceptors (Lipinski definition) is 3. The monoisotopic (exact) mass is 851 g/mol. The Morgan fingerprint density at radius 1 is 0.594 bits per heavy atom. The molecule has 0 aliphatic carbocycles. The molecular formula is C60H65N3O. The molecule has 1 N–H and O–H groups in total. The number of nitrogens with zero attached hydrogens (tertiary/aromatic N) is 3. The number of benzene rings is 6. The van der Waals surface area contributed by atoms with Crippen LogP contribution in [0, 0.1) is 13.7 Å². The highest BCUT2D eigenvalue weighted by Crippen LogP contribution is 2.44. The second kappa shape index (κ2) is 17.4. The molecule has 0 saturated heterocycles. The summed E-state index contributed by atoms with van der Waals surface area (Å²) in [4.78, 5) is 10.3. The number of phenolic OH excluding ortho intramolecular Hbond substituents is 1. The number of rotatable bonds is 10. The summed E-state index contributed by atoms with van der Waals surface area (Å²) in [5.74, 6) is -0.0662. The number of pyridine rings is 1. The van der Waals surface area contributed by atoms with Crippen molar-refractivity contribution in [3.8, 4) is 67.5 Å². The molecule has 2 aromatic heterocycles. The van der Waals surface area contributed by atoms with Gasteiger partial charge in [-0.2, -0.15) is 0 Å². The summed E-state index contributed by atoms with van der Waals surface area (Å²) >= 11 is 0. The van der Waals surface area contributed by atoms with E-state index in [0.717, 1.165) is 72.5 Å². The number of fused-ring (bicyclic) bond motifs is 1. The number of phenols is 1. The van der Waals surface area contributed by atoms with Gasteiger partial charge in [-0.25, -0.2) is 4.98 Å². The van der Waals surface area contributed by atoms with Crippen LogP contribution in [0.4, 0.5) is 0 Å². The molecule has 0 saturated carbocycles. The molecule has 64 heavy (non-hydrogen) atoms. The minimum Gasteiger partial charge on any atom is -0.507 e. The lowest BCUT2D eigenvalue weighted by Crippen LogP contribution is -2.11. The fourth-order valence-electron chi connectivity index (χ4n) is 8.53. The Bertz CT molecular complexity index is 3290. The lowest BCUT2D eigenvalue weighted by Gasteiger charge is -2.22. The van der Waals surface area contributed by atoms with E-state index in [1.165, 1.54) is 0 Å². The molecule has 4 heteroatoms. The molecule has 0 aliphatic heterocycles. The van der Waals surface area contributed by atoms with Gasteiger partial charge in [-0.1, -0.05) is 155 Å². The molecule has 0 amide bonds. The maximum Gasteiger partial charge on any atom is 0.149 e. The third kappa shape index (κ3) is 8.68. The Kier molecular flexibility index (Phi) is 9.80. The van der Waals surface area contributed by atoms with Crippen LogP contribution < -0.4 is 0 Å². The zero-order valence-corrected chi connectivity index (χ0v) is 39.1. The predicted octanol–water partition coefficient (Wildman–Crippen LogP) is 16.9. The van der Waals surface area contributed by atoms with E-state index in [0.29, 0.717) is 28.1 Å². The maximum absolute atomic E-state index is 12.3. The molecule has 0 radical (unpaired) electrons. The zero-order chi connectivity index (χ0) is 51.7. The number of para-hydroxylation sites is 1. The van der Waals surface area contributed by atoms with E-state index in [-0.39, 0.29) is 40.0 Å². The van der Waals surface area contributed by atoms with Gasteiger partial charge in [0.05, 0.1) is 28.0 Å². The van der Waals surface area contributed by atoms with Crippen molar-refractivity contribution in [2.75, 3.05) is 0 Å². The smallest absolute Gasteiger partial charge is 0.149 e. The van der Waals surface area contributed by atoms with Crippen molar-refractivity contribution in [2.24, 2.45) is 0 Å². The van der Waals surface area contributed by atoms with Crippen LogP contribution in [0.3, 0.4) is 0 Å². The first-order chi connectivity index (χ1) is 33.1. The second-order valence-corrected chi connectivity index (χ2v) is 19.5. The van der Waals surface area contributed by atoms with E-state index >= 15 is 0 Å². The van der Waals surface area contributed by atoms with Crippen molar-refractivity contribution in [1.29, 1.82) is 0 Å². The van der Waals surface area contributed by atoms with Gasteiger partial charge in [-0.3, -0.25) is 9.55 Å². The molecule has 2 heterocycles. The molecule has 0 bridgehead atoms. The largest absolute Gasteiger partial charge is 0.507 e. The van der Waals surface area contributed by atoms with Crippen LogP contribution in [-0.2, 0) is 5.41 Å². The zero-order valence-electron chi connectivity index (χ0n) is 46.1. The molecule has 326 valence electrons. The minimum atomic E-state index is -2.57. The van der Waals surface area contributed by atoms with Crippen LogP contribution in [0.1, 0.15) is 148 Å². The highest BCUT2D eigenvalue weighted by Gasteiger charge is 2.25. The van der Waals surface area contributed by atoms with Gasteiger partial charge >= 0.3 is 0 Å². The SMILES string of the molecule is [2H]C([2H])([2H])c1ccc(-c2ccnc(-c3cc(-c4cccc5c4nc(-c4cc(C(C)C)cc(C(C)C)c4O)n5-c4ccc(-c5cc(C(C)C)cc(C([2H])(C)C)c5)cc4C([2H])([2H])[2H])cc(C(C)(C)C)c3)c2)cc1. The summed E-state index contributed by atoms with van der Waals surface area (Å²) in [5.41, 5.74) is 13.8. The highest BCUT2D eigenvalue weighted by molar-refractivity contribution is 5.97. The minimum absolute atomic E-state index is 0.0162. The molecule has 0 aliphatic rings. The third-order valence-corrected chi connectivity index (χ3v) is 12.5. The maximum atomic E-state index is 12.3. The van der Waals surface area contributed by atoms with Crippen LogP contribution in [0.25, 0.3) is 72.7 Å². The van der Waals surface area contributed by atoms with Gasteiger partial charge < -0.3 is 5.11 Å². The van der Waals surface area contributed by atoms with Gasteiger partial charge in [0.25, 0.3) is 0 Å². The molecule has 4 nitrogen and oxygen atoms in total. The molecule has 0 fully saturated rings. The Balaban J connectivity index is 1.40. The molecule has 0 atom stereocenters. The summed E-state index contributed by atoms with van der Waals surface area (Å²) in [5, 5.41) is 12.3. The number of aromatic nitrogens is 3. The highest BCUT2D eigenvalue weighted by atomic mass is 16.3. The summed E-state index contributed by atoms with van der Waals surface area (Å²) in [6.45, 7) is 18.1. The molecule has 6 aromatic carbocycles. The van der Waals surface area contributed by atoms with E-state index < -0.39 is 19.6 Å². The molecule has 0 unspecified atom stereocenters. The Labute approximate surface area is 392 Å². The summed E-state index contributed by atoms with van der Waals surface area (Å²) in [7, 11) is 0. The lowest BCUT2D eigenvalue weighted by atomic mass is 9.83. The van der Waals surface area contributed by atoms with Gasteiger partial charge in [-0.15, -0.1) is 0 Å². The van der Waals surface area contributed by atoms with Crippen molar-refractivity contribution in [1.82, 2.24) is 14.5 Å².